The zero-order valence-corrected chi connectivity index (χ0v) is 23.7. The Morgan fingerprint density at radius 1 is 1.08 bits per heavy atom. The second-order valence-corrected chi connectivity index (χ2v) is 12.7. The molecule has 2 atom stereocenters. The van der Waals surface area contributed by atoms with Crippen molar-refractivity contribution < 1.29 is 13.2 Å². The molecular formula is C29H28ClN3O5S. The predicted octanol–water partition coefficient (Wildman–Crippen LogP) is 5.02. The van der Waals surface area contributed by atoms with Gasteiger partial charge in [0.05, 0.1) is 11.6 Å². The van der Waals surface area contributed by atoms with E-state index in [2.05, 4.69) is 4.98 Å². The molecule has 202 valence electrons. The third-order valence-electron chi connectivity index (χ3n) is 7.50. The van der Waals surface area contributed by atoms with Gasteiger partial charge in [-0.25, -0.2) is 12.4 Å². The molecule has 0 amide bonds. The molecule has 0 bridgehead atoms. The van der Waals surface area contributed by atoms with Gasteiger partial charge in [0, 0.05) is 36.5 Å². The minimum atomic E-state index is -4.20. The number of benzene rings is 1. The Labute approximate surface area is 230 Å². The van der Waals surface area contributed by atoms with Gasteiger partial charge in [-0.3, -0.25) is 9.59 Å². The maximum Gasteiger partial charge on any atom is 0.273 e. The van der Waals surface area contributed by atoms with E-state index >= 15 is 0 Å². The van der Waals surface area contributed by atoms with E-state index in [0.717, 1.165) is 15.1 Å². The van der Waals surface area contributed by atoms with Crippen molar-refractivity contribution in [3.05, 3.63) is 110 Å². The van der Waals surface area contributed by atoms with Gasteiger partial charge < -0.3 is 14.3 Å². The van der Waals surface area contributed by atoms with Gasteiger partial charge >= 0.3 is 0 Å². The van der Waals surface area contributed by atoms with Gasteiger partial charge in [0.2, 0.25) is 10.0 Å². The van der Waals surface area contributed by atoms with Crippen LogP contribution in [0.3, 0.4) is 0 Å². The fourth-order valence-electron chi connectivity index (χ4n) is 4.93. The monoisotopic (exact) mass is 565 g/mol. The highest BCUT2D eigenvalue weighted by molar-refractivity contribution is 7.91. The highest BCUT2D eigenvalue weighted by Gasteiger charge is 2.49. The molecule has 5 rings (SSSR count). The second-order valence-electron chi connectivity index (χ2n) is 10.0. The molecule has 0 aliphatic heterocycles. The number of aryl methyl sites for hydroxylation is 3. The fourth-order valence-corrected chi connectivity index (χ4v) is 7.45. The minimum absolute atomic E-state index is 0.0287. The Kier molecular flexibility index (Phi) is 6.47. The molecule has 1 aromatic carbocycles. The van der Waals surface area contributed by atoms with Gasteiger partial charge in [0.1, 0.15) is 16.0 Å². The van der Waals surface area contributed by atoms with Crippen molar-refractivity contribution in [3.63, 3.8) is 0 Å². The van der Waals surface area contributed by atoms with Gasteiger partial charge in [-0.2, -0.15) is 0 Å². The molecule has 39 heavy (non-hydrogen) atoms. The van der Waals surface area contributed by atoms with Crippen LogP contribution in [-0.4, -0.2) is 32.1 Å². The van der Waals surface area contributed by atoms with Crippen molar-refractivity contribution in [3.8, 4) is 11.5 Å². The SMILES string of the molecule is CC1=CC(c2cc(=O)n(C)cc2Oc2c(C)cccc2C)=CC(Cl)C1(C)S(=O)(=O)n1ccc2cc[nH]c(=O)c21. The first-order valence-electron chi connectivity index (χ1n) is 12.3. The van der Waals surface area contributed by atoms with Crippen LogP contribution >= 0.6 is 11.6 Å². The predicted molar refractivity (Wildman–Crippen MR) is 154 cm³/mol. The van der Waals surface area contributed by atoms with Crippen molar-refractivity contribution in [2.45, 2.75) is 37.8 Å². The highest BCUT2D eigenvalue weighted by Crippen LogP contribution is 2.44. The van der Waals surface area contributed by atoms with Crippen LogP contribution in [0, 0.1) is 13.8 Å². The number of rotatable bonds is 5. The van der Waals surface area contributed by atoms with Crippen LogP contribution in [0.5, 0.6) is 11.5 Å². The Hall–Kier alpha value is -3.82. The van der Waals surface area contributed by atoms with E-state index in [1.807, 2.05) is 32.0 Å². The van der Waals surface area contributed by atoms with Crippen molar-refractivity contribution in [1.29, 1.82) is 0 Å². The number of allylic oxidation sites excluding steroid dienone is 3. The van der Waals surface area contributed by atoms with Crippen LogP contribution in [0.25, 0.3) is 16.5 Å². The summed E-state index contributed by atoms with van der Waals surface area (Å²) in [4.78, 5) is 27.8. The molecule has 10 heteroatoms. The number of halogens is 1. The average Bonchev–Trinajstić information content (AvgIpc) is 3.33. The van der Waals surface area contributed by atoms with E-state index in [0.29, 0.717) is 33.6 Å². The summed E-state index contributed by atoms with van der Waals surface area (Å²) in [5.74, 6) is 1.11. The summed E-state index contributed by atoms with van der Waals surface area (Å²) in [6.07, 6.45) is 7.78. The smallest absolute Gasteiger partial charge is 0.273 e. The number of nitrogens with zero attached hydrogens (tertiary/aromatic N) is 2. The Morgan fingerprint density at radius 3 is 2.44 bits per heavy atom. The van der Waals surface area contributed by atoms with Crippen molar-refractivity contribution in [1.82, 2.24) is 13.5 Å². The molecule has 0 saturated heterocycles. The van der Waals surface area contributed by atoms with E-state index in [9.17, 15) is 18.0 Å². The van der Waals surface area contributed by atoms with E-state index < -0.39 is 25.7 Å². The summed E-state index contributed by atoms with van der Waals surface area (Å²) in [6, 6.07) is 10.5. The van der Waals surface area contributed by atoms with Crippen molar-refractivity contribution in [2.24, 2.45) is 7.05 Å². The largest absolute Gasteiger partial charge is 0.455 e. The summed E-state index contributed by atoms with van der Waals surface area (Å²) in [5, 5.41) is -0.529. The lowest BCUT2D eigenvalue weighted by atomic mass is 9.87. The molecule has 8 nitrogen and oxygen atoms in total. The maximum atomic E-state index is 14.1. The quantitative estimate of drug-likeness (QED) is 0.342. The summed E-state index contributed by atoms with van der Waals surface area (Å²) >= 11 is 6.87. The summed E-state index contributed by atoms with van der Waals surface area (Å²) in [7, 11) is -2.57. The molecule has 0 fully saturated rings. The van der Waals surface area contributed by atoms with Crippen LogP contribution < -0.4 is 15.9 Å². The standard InChI is InChI=1S/C29H28ClN3O5S/c1-17-7-6-8-18(2)27(17)38-23-16-32(5)25(34)15-22(23)21-13-19(3)29(4,24(30)14-21)39(36,37)33-12-10-20-9-11-31-28(35)26(20)33/h6-16,24H,1-5H3,(H,31,35). The van der Waals surface area contributed by atoms with Crippen LogP contribution in [0.4, 0.5) is 0 Å². The van der Waals surface area contributed by atoms with Crippen LogP contribution in [0.1, 0.15) is 30.5 Å². The number of ether oxygens (including phenoxy) is 1. The maximum absolute atomic E-state index is 14.1. The number of hydrogen-bond acceptors (Lipinski definition) is 5. The van der Waals surface area contributed by atoms with Crippen LogP contribution in [-0.2, 0) is 17.1 Å². The van der Waals surface area contributed by atoms with Crippen LogP contribution in [0.2, 0.25) is 0 Å². The second kappa shape index (κ2) is 9.43. The minimum Gasteiger partial charge on any atom is -0.455 e. The number of nitrogens with one attached hydrogen (secondary N) is 1. The van der Waals surface area contributed by atoms with Gasteiger partial charge in [0.25, 0.3) is 11.1 Å². The van der Waals surface area contributed by atoms with Gasteiger partial charge in [-0.05, 0) is 62.1 Å². The highest BCUT2D eigenvalue weighted by atomic mass is 35.5. The number of hydrogen-bond donors (Lipinski definition) is 1. The number of pyridine rings is 2. The first-order valence-corrected chi connectivity index (χ1v) is 14.2. The third-order valence-corrected chi connectivity index (χ3v) is 10.7. The third kappa shape index (κ3) is 4.17. The van der Waals surface area contributed by atoms with E-state index in [-0.39, 0.29) is 11.1 Å². The summed E-state index contributed by atoms with van der Waals surface area (Å²) < 4.78 is 35.3. The average molecular weight is 566 g/mol. The molecule has 0 radical (unpaired) electrons. The molecule has 4 aromatic rings. The number of para-hydroxylation sites is 1. The van der Waals surface area contributed by atoms with Crippen molar-refractivity contribution >= 4 is 38.1 Å². The molecule has 1 aliphatic carbocycles. The number of fused-ring (bicyclic) bond motifs is 1. The molecule has 3 aromatic heterocycles. The zero-order chi connectivity index (χ0) is 28.3. The zero-order valence-electron chi connectivity index (χ0n) is 22.2. The summed E-state index contributed by atoms with van der Waals surface area (Å²) in [6.45, 7) is 7.10. The van der Waals surface area contributed by atoms with E-state index in [1.165, 1.54) is 23.0 Å². The number of H-pyrrole nitrogens is 1. The van der Waals surface area contributed by atoms with Crippen molar-refractivity contribution in [2.75, 3.05) is 0 Å². The topological polar surface area (TPSA) is 103 Å². The number of alkyl halides is 1. The Bertz CT molecular complexity index is 1910. The molecule has 3 heterocycles. The molecular weight excluding hydrogens is 538 g/mol. The summed E-state index contributed by atoms with van der Waals surface area (Å²) in [5.41, 5.74) is 2.63. The van der Waals surface area contributed by atoms with Gasteiger partial charge in [-0.15, -0.1) is 11.6 Å². The Balaban J connectivity index is 1.63. The molecule has 0 saturated carbocycles. The Morgan fingerprint density at radius 2 is 1.77 bits per heavy atom. The van der Waals surface area contributed by atoms with E-state index in [1.54, 1.807) is 51.4 Å². The lowest BCUT2D eigenvalue weighted by Gasteiger charge is -2.36. The first kappa shape index (κ1) is 26.8. The van der Waals surface area contributed by atoms with Gasteiger partial charge in [-0.1, -0.05) is 30.4 Å². The van der Waals surface area contributed by atoms with E-state index in [4.69, 9.17) is 16.3 Å². The lowest BCUT2D eigenvalue weighted by Crippen LogP contribution is -2.48. The lowest BCUT2D eigenvalue weighted by molar-refractivity contribution is 0.467. The fraction of sp³-hybridized carbons (Fsp3) is 0.241. The molecule has 1 N–H and O–H groups in total. The number of aromatic amines is 1. The molecule has 2 unspecified atom stereocenters. The van der Waals surface area contributed by atoms with Gasteiger partial charge in [0.15, 0.2) is 5.75 Å². The molecule has 0 spiro atoms. The molecule has 1 aliphatic rings. The van der Waals surface area contributed by atoms with Crippen LogP contribution in [0.15, 0.2) is 82.3 Å². The first-order chi connectivity index (χ1) is 18.4. The number of aromatic nitrogens is 3. The normalized spacial score (nSPS) is 19.6.